The quantitative estimate of drug-likeness (QED) is 0.455. The topological polar surface area (TPSA) is 97.0 Å². The molecule has 1 fully saturated rings. The van der Waals surface area contributed by atoms with Crippen LogP contribution in [0, 0.1) is 5.92 Å². The van der Waals surface area contributed by atoms with Crippen LogP contribution in [0.4, 0.5) is 11.4 Å². The summed E-state index contributed by atoms with van der Waals surface area (Å²) in [4.78, 5) is 38.9. The first kappa shape index (κ1) is 25.1. The van der Waals surface area contributed by atoms with E-state index < -0.39 is 5.92 Å². The van der Waals surface area contributed by atoms with Crippen LogP contribution < -0.4 is 25.0 Å². The van der Waals surface area contributed by atoms with E-state index in [1.807, 2.05) is 12.1 Å². The SMILES string of the molecule is COc1cccc(NC(=O)COc2ccc(N3C[C@@H](C(=O)NCc4ccc(Cl)cc4)CC3=O)cc2)c1. The lowest BCUT2D eigenvalue weighted by Crippen LogP contribution is -2.32. The highest BCUT2D eigenvalue weighted by Crippen LogP contribution is 2.27. The second-order valence-corrected chi connectivity index (χ2v) is 8.75. The number of rotatable bonds is 9. The lowest BCUT2D eigenvalue weighted by molar-refractivity contribution is -0.126. The first-order valence-electron chi connectivity index (χ1n) is 11.4. The molecule has 1 aliphatic heterocycles. The molecule has 0 bridgehead atoms. The molecule has 9 heteroatoms. The van der Waals surface area contributed by atoms with Gasteiger partial charge in [-0.3, -0.25) is 14.4 Å². The lowest BCUT2D eigenvalue weighted by Gasteiger charge is -2.17. The maximum Gasteiger partial charge on any atom is 0.262 e. The normalized spacial score (nSPS) is 14.9. The molecular formula is C27H26ClN3O5. The van der Waals surface area contributed by atoms with E-state index in [0.29, 0.717) is 41.0 Å². The third kappa shape index (κ3) is 6.55. The van der Waals surface area contributed by atoms with Crippen LogP contribution in [0.2, 0.25) is 5.02 Å². The average molecular weight is 508 g/mol. The monoisotopic (exact) mass is 507 g/mol. The molecule has 1 saturated heterocycles. The summed E-state index contributed by atoms with van der Waals surface area (Å²) >= 11 is 5.89. The molecule has 36 heavy (non-hydrogen) atoms. The molecule has 1 heterocycles. The smallest absolute Gasteiger partial charge is 0.262 e. The Kier molecular flexibility index (Phi) is 8.07. The Labute approximate surface area is 214 Å². The summed E-state index contributed by atoms with van der Waals surface area (Å²) in [5.41, 5.74) is 2.21. The second-order valence-electron chi connectivity index (χ2n) is 8.31. The zero-order valence-corrected chi connectivity index (χ0v) is 20.5. The molecule has 0 aromatic heterocycles. The summed E-state index contributed by atoms with van der Waals surface area (Å²) in [6.07, 6.45) is 0.148. The molecule has 1 atom stereocenters. The fourth-order valence-electron chi connectivity index (χ4n) is 3.84. The Balaban J connectivity index is 1.26. The third-order valence-corrected chi connectivity index (χ3v) is 6.00. The highest BCUT2D eigenvalue weighted by Gasteiger charge is 2.35. The van der Waals surface area contributed by atoms with Gasteiger partial charge in [0.25, 0.3) is 5.91 Å². The summed E-state index contributed by atoms with van der Waals surface area (Å²) in [5.74, 6) is 0.108. The summed E-state index contributed by atoms with van der Waals surface area (Å²) in [5, 5.41) is 6.27. The molecular weight excluding hydrogens is 482 g/mol. The standard InChI is InChI=1S/C27H26ClN3O5/c1-35-24-4-2-3-21(14-24)30-25(32)17-36-23-11-9-22(10-12-23)31-16-19(13-26(31)33)27(34)29-15-18-5-7-20(28)8-6-18/h2-12,14,19H,13,15-17H2,1H3,(H,29,34)(H,30,32)/t19-/m0/s1. The molecule has 8 nitrogen and oxygen atoms in total. The van der Waals surface area contributed by atoms with Crippen molar-refractivity contribution >= 4 is 40.7 Å². The molecule has 1 aliphatic rings. The zero-order chi connectivity index (χ0) is 25.5. The van der Waals surface area contributed by atoms with Crippen molar-refractivity contribution in [3.8, 4) is 11.5 Å². The van der Waals surface area contributed by atoms with Gasteiger partial charge in [-0.1, -0.05) is 29.8 Å². The third-order valence-electron chi connectivity index (χ3n) is 5.75. The molecule has 0 aliphatic carbocycles. The van der Waals surface area contributed by atoms with Gasteiger partial charge < -0.3 is 25.0 Å². The number of nitrogens with zero attached hydrogens (tertiary/aromatic N) is 1. The molecule has 3 amide bonds. The number of carbonyl (C=O) groups is 3. The first-order chi connectivity index (χ1) is 17.4. The van der Waals surface area contributed by atoms with Crippen molar-refractivity contribution < 1.29 is 23.9 Å². The van der Waals surface area contributed by atoms with Crippen LogP contribution >= 0.6 is 11.6 Å². The minimum absolute atomic E-state index is 0.118. The molecule has 186 valence electrons. The summed E-state index contributed by atoms with van der Waals surface area (Å²) in [6.45, 7) is 0.502. The van der Waals surface area contributed by atoms with E-state index in [1.165, 1.54) is 0 Å². The fourth-order valence-corrected chi connectivity index (χ4v) is 3.96. The fraction of sp³-hybridized carbons (Fsp3) is 0.222. The minimum Gasteiger partial charge on any atom is -0.497 e. The van der Waals surface area contributed by atoms with Crippen LogP contribution in [0.25, 0.3) is 0 Å². The Morgan fingerprint density at radius 1 is 1.03 bits per heavy atom. The van der Waals surface area contributed by atoms with Gasteiger partial charge in [-0.25, -0.2) is 0 Å². The van der Waals surface area contributed by atoms with Crippen molar-refractivity contribution in [2.24, 2.45) is 5.92 Å². The van der Waals surface area contributed by atoms with Crippen molar-refractivity contribution in [1.29, 1.82) is 0 Å². The van der Waals surface area contributed by atoms with E-state index in [4.69, 9.17) is 21.1 Å². The Bertz CT molecular complexity index is 1230. The number of methoxy groups -OCH3 is 1. The minimum atomic E-state index is -0.430. The Morgan fingerprint density at radius 2 is 1.78 bits per heavy atom. The van der Waals surface area contributed by atoms with Crippen LogP contribution in [0.5, 0.6) is 11.5 Å². The molecule has 0 radical (unpaired) electrons. The van der Waals surface area contributed by atoms with Gasteiger partial charge in [0.2, 0.25) is 11.8 Å². The molecule has 0 saturated carbocycles. The summed E-state index contributed by atoms with van der Waals surface area (Å²) < 4.78 is 10.7. The molecule has 4 rings (SSSR count). The van der Waals surface area contributed by atoms with Crippen LogP contribution in [0.15, 0.2) is 72.8 Å². The predicted octanol–water partition coefficient (Wildman–Crippen LogP) is 4.04. The second kappa shape index (κ2) is 11.6. The van der Waals surface area contributed by atoms with E-state index in [2.05, 4.69) is 10.6 Å². The number of amides is 3. The number of hydrogen-bond acceptors (Lipinski definition) is 5. The van der Waals surface area contributed by atoms with Crippen LogP contribution in [-0.2, 0) is 20.9 Å². The number of anilines is 2. The Morgan fingerprint density at radius 3 is 2.50 bits per heavy atom. The lowest BCUT2D eigenvalue weighted by atomic mass is 10.1. The van der Waals surface area contributed by atoms with Gasteiger partial charge in [-0.15, -0.1) is 0 Å². The van der Waals surface area contributed by atoms with Crippen molar-refractivity contribution in [2.45, 2.75) is 13.0 Å². The van der Waals surface area contributed by atoms with Gasteiger partial charge in [0.15, 0.2) is 6.61 Å². The average Bonchev–Trinajstić information content (AvgIpc) is 3.29. The van der Waals surface area contributed by atoms with E-state index in [9.17, 15) is 14.4 Å². The van der Waals surface area contributed by atoms with Gasteiger partial charge in [0, 0.05) is 42.0 Å². The van der Waals surface area contributed by atoms with E-state index in [-0.39, 0.29) is 30.7 Å². The van der Waals surface area contributed by atoms with E-state index in [1.54, 1.807) is 72.7 Å². The first-order valence-corrected chi connectivity index (χ1v) is 11.8. The van der Waals surface area contributed by atoms with Crippen LogP contribution in [0.1, 0.15) is 12.0 Å². The molecule has 2 N–H and O–H groups in total. The number of halogens is 1. The highest BCUT2D eigenvalue weighted by atomic mass is 35.5. The molecule has 0 spiro atoms. The molecule has 3 aromatic carbocycles. The maximum absolute atomic E-state index is 12.6. The van der Waals surface area contributed by atoms with Crippen molar-refractivity contribution in [2.75, 3.05) is 30.5 Å². The highest BCUT2D eigenvalue weighted by molar-refractivity contribution is 6.30. The van der Waals surface area contributed by atoms with Crippen molar-refractivity contribution in [3.05, 3.63) is 83.4 Å². The number of carbonyl (C=O) groups excluding carboxylic acids is 3. The van der Waals surface area contributed by atoms with Crippen LogP contribution in [0.3, 0.4) is 0 Å². The largest absolute Gasteiger partial charge is 0.497 e. The molecule has 0 unspecified atom stereocenters. The van der Waals surface area contributed by atoms with Crippen LogP contribution in [-0.4, -0.2) is 38.0 Å². The van der Waals surface area contributed by atoms with Gasteiger partial charge in [0.05, 0.1) is 13.0 Å². The van der Waals surface area contributed by atoms with Gasteiger partial charge in [0.1, 0.15) is 11.5 Å². The van der Waals surface area contributed by atoms with E-state index >= 15 is 0 Å². The summed E-state index contributed by atoms with van der Waals surface area (Å²) in [6, 6.07) is 21.1. The zero-order valence-electron chi connectivity index (χ0n) is 19.7. The maximum atomic E-state index is 12.6. The number of nitrogens with one attached hydrogen (secondary N) is 2. The molecule has 3 aromatic rings. The summed E-state index contributed by atoms with van der Waals surface area (Å²) in [7, 11) is 1.56. The van der Waals surface area contributed by atoms with Gasteiger partial charge in [-0.2, -0.15) is 0 Å². The predicted molar refractivity (Wildman–Crippen MR) is 137 cm³/mol. The van der Waals surface area contributed by atoms with Gasteiger partial charge >= 0.3 is 0 Å². The van der Waals surface area contributed by atoms with Crippen molar-refractivity contribution in [1.82, 2.24) is 5.32 Å². The number of benzene rings is 3. The number of hydrogen-bond donors (Lipinski definition) is 2. The Hall–Kier alpha value is -4.04. The number of ether oxygens (including phenoxy) is 2. The van der Waals surface area contributed by atoms with Gasteiger partial charge in [-0.05, 0) is 54.1 Å². The van der Waals surface area contributed by atoms with Crippen molar-refractivity contribution in [3.63, 3.8) is 0 Å². The van der Waals surface area contributed by atoms with E-state index in [0.717, 1.165) is 5.56 Å².